The van der Waals surface area contributed by atoms with Gasteiger partial charge in [0.15, 0.2) is 0 Å². The molecule has 3 rings (SSSR count). The summed E-state index contributed by atoms with van der Waals surface area (Å²) in [7, 11) is 0. The monoisotopic (exact) mass is 471 g/mol. The van der Waals surface area contributed by atoms with Crippen molar-refractivity contribution in [2.45, 2.75) is 103 Å². The van der Waals surface area contributed by atoms with E-state index in [-0.39, 0.29) is 23.2 Å². The Balaban J connectivity index is 1.82. The third-order valence-electron chi connectivity index (χ3n) is 6.82. The fourth-order valence-corrected chi connectivity index (χ4v) is 6.40. The van der Waals surface area contributed by atoms with Crippen LogP contribution in [0.3, 0.4) is 0 Å². The lowest BCUT2D eigenvalue weighted by atomic mass is 9.86. The van der Waals surface area contributed by atoms with Crippen molar-refractivity contribution in [1.29, 1.82) is 0 Å². The lowest BCUT2D eigenvalue weighted by Gasteiger charge is -2.21. The van der Waals surface area contributed by atoms with Crippen molar-refractivity contribution < 1.29 is 14.3 Å². The van der Waals surface area contributed by atoms with Gasteiger partial charge in [0.1, 0.15) is 0 Å². The SMILES string of the molecule is CCOC(=O)C1=C(NC(=O)c2ccc(C(C)(C)C)cc2)S[C@@H]2CCCCCCCCCC[C@@H]12. The molecule has 0 unspecified atom stereocenters. The number of hydrogen-bond donors (Lipinski definition) is 1. The molecule has 1 aliphatic heterocycles. The van der Waals surface area contributed by atoms with Gasteiger partial charge in [0.25, 0.3) is 5.91 Å². The predicted molar refractivity (Wildman–Crippen MR) is 137 cm³/mol. The Morgan fingerprint density at radius 2 is 1.52 bits per heavy atom. The molecule has 2 atom stereocenters. The summed E-state index contributed by atoms with van der Waals surface area (Å²) in [6.45, 7) is 8.67. The molecule has 33 heavy (non-hydrogen) atoms. The second kappa shape index (κ2) is 12.1. The van der Waals surface area contributed by atoms with Crippen LogP contribution in [0, 0.1) is 5.92 Å². The third kappa shape index (κ3) is 7.11. The first kappa shape index (κ1) is 25.9. The van der Waals surface area contributed by atoms with Gasteiger partial charge in [-0.25, -0.2) is 4.79 Å². The molecule has 1 heterocycles. The molecule has 2 aliphatic rings. The van der Waals surface area contributed by atoms with E-state index in [9.17, 15) is 9.59 Å². The average molecular weight is 472 g/mol. The van der Waals surface area contributed by atoms with Gasteiger partial charge in [-0.3, -0.25) is 4.79 Å². The maximum absolute atomic E-state index is 13.1. The van der Waals surface area contributed by atoms with Crippen molar-refractivity contribution in [3.63, 3.8) is 0 Å². The minimum Gasteiger partial charge on any atom is -0.463 e. The van der Waals surface area contributed by atoms with Crippen LogP contribution < -0.4 is 5.32 Å². The number of esters is 1. The van der Waals surface area contributed by atoms with Crippen molar-refractivity contribution in [3.05, 3.63) is 46.0 Å². The molecule has 182 valence electrons. The summed E-state index contributed by atoms with van der Waals surface area (Å²) in [5, 5.41) is 4.15. The normalized spacial score (nSPS) is 22.7. The van der Waals surface area contributed by atoms with Crippen LogP contribution in [0.25, 0.3) is 0 Å². The maximum Gasteiger partial charge on any atom is 0.336 e. The second-order valence-electron chi connectivity index (χ2n) is 10.4. The van der Waals surface area contributed by atoms with Crippen molar-refractivity contribution >= 4 is 23.6 Å². The molecule has 0 bridgehead atoms. The lowest BCUT2D eigenvalue weighted by molar-refractivity contribution is -0.139. The van der Waals surface area contributed by atoms with E-state index in [0.717, 1.165) is 19.3 Å². The highest BCUT2D eigenvalue weighted by Gasteiger charge is 2.40. The Morgan fingerprint density at radius 1 is 0.939 bits per heavy atom. The summed E-state index contributed by atoms with van der Waals surface area (Å²) >= 11 is 1.68. The number of nitrogens with one attached hydrogen (secondary N) is 1. The highest BCUT2D eigenvalue weighted by Crippen LogP contribution is 2.46. The molecular formula is C28H41NO3S. The smallest absolute Gasteiger partial charge is 0.336 e. The van der Waals surface area contributed by atoms with E-state index in [0.29, 0.717) is 28.0 Å². The third-order valence-corrected chi connectivity index (χ3v) is 8.25. The van der Waals surface area contributed by atoms with Crippen molar-refractivity contribution in [3.8, 4) is 0 Å². The largest absolute Gasteiger partial charge is 0.463 e. The van der Waals surface area contributed by atoms with Gasteiger partial charge >= 0.3 is 5.97 Å². The Labute approximate surface area is 204 Å². The van der Waals surface area contributed by atoms with Crippen LogP contribution in [0.5, 0.6) is 0 Å². The first-order valence-electron chi connectivity index (χ1n) is 12.8. The summed E-state index contributed by atoms with van der Waals surface area (Å²) in [6.07, 6.45) is 12.1. The molecule has 4 nitrogen and oxygen atoms in total. The Bertz CT molecular complexity index is 838. The van der Waals surface area contributed by atoms with Crippen LogP contribution in [-0.4, -0.2) is 23.7 Å². The summed E-state index contributed by atoms with van der Waals surface area (Å²) in [5.41, 5.74) is 2.55. The van der Waals surface area contributed by atoms with Gasteiger partial charge in [-0.05, 0) is 42.9 Å². The van der Waals surface area contributed by atoms with Crippen LogP contribution in [0.2, 0.25) is 0 Å². The van der Waals surface area contributed by atoms with Crippen molar-refractivity contribution in [2.24, 2.45) is 5.92 Å². The summed E-state index contributed by atoms with van der Waals surface area (Å²) in [6, 6.07) is 7.80. The predicted octanol–water partition coefficient (Wildman–Crippen LogP) is 7.13. The summed E-state index contributed by atoms with van der Waals surface area (Å²) < 4.78 is 5.46. The molecule has 1 aromatic rings. The molecule has 1 saturated carbocycles. The number of fused-ring (bicyclic) bond motifs is 1. The molecule has 1 fully saturated rings. The van der Waals surface area contributed by atoms with Crippen molar-refractivity contribution in [1.82, 2.24) is 5.32 Å². The van der Waals surface area contributed by atoms with Gasteiger partial charge < -0.3 is 10.1 Å². The molecule has 1 N–H and O–H groups in total. The Hall–Kier alpha value is -1.75. The van der Waals surface area contributed by atoms with E-state index < -0.39 is 0 Å². The van der Waals surface area contributed by atoms with Crippen LogP contribution in [0.15, 0.2) is 34.9 Å². The lowest BCUT2D eigenvalue weighted by Crippen LogP contribution is -2.25. The first-order chi connectivity index (χ1) is 15.8. The fourth-order valence-electron chi connectivity index (χ4n) is 4.86. The number of hydrogen-bond acceptors (Lipinski definition) is 4. The van der Waals surface area contributed by atoms with Gasteiger partial charge in [0.05, 0.1) is 17.2 Å². The van der Waals surface area contributed by atoms with Gasteiger partial charge in [-0.15, -0.1) is 11.8 Å². The van der Waals surface area contributed by atoms with Crippen molar-refractivity contribution in [2.75, 3.05) is 6.61 Å². The van der Waals surface area contributed by atoms with E-state index in [1.165, 1.54) is 50.5 Å². The van der Waals surface area contributed by atoms with Crippen LogP contribution >= 0.6 is 11.8 Å². The van der Waals surface area contributed by atoms with Crippen LogP contribution in [0.4, 0.5) is 0 Å². The number of amides is 1. The molecule has 0 radical (unpaired) electrons. The number of ether oxygens (including phenoxy) is 1. The number of carbonyl (C=O) groups excluding carboxylic acids is 2. The second-order valence-corrected chi connectivity index (χ2v) is 11.7. The van der Waals surface area contributed by atoms with Gasteiger partial charge in [0.2, 0.25) is 0 Å². The molecule has 1 aromatic carbocycles. The number of benzene rings is 1. The molecule has 5 heteroatoms. The van der Waals surface area contributed by atoms with Gasteiger partial charge in [-0.2, -0.15) is 0 Å². The Morgan fingerprint density at radius 3 is 2.09 bits per heavy atom. The number of thioether (sulfide) groups is 1. The van der Waals surface area contributed by atoms with E-state index in [4.69, 9.17) is 4.74 Å². The van der Waals surface area contributed by atoms with E-state index in [1.807, 2.05) is 31.2 Å². The van der Waals surface area contributed by atoms with E-state index in [1.54, 1.807) is 11.8 Å². The quantitative estimate of drug-likeness (QED) is 0.474. The number of carbonyl (C=O) groups is 2. The topological polar surface area (TPSA) is 55.4 Å². The van der Waals surface area contributed by atoms with E-state index in [2.05, 4.69) is 26.1 Å². The maximum atomic E-state index is 13.1. The highest BCUT2D eigenvalue weighted by molar-refractivity contribution is 8.04. The molecular weight excluding hydrogens is 430 g/mol. The fraction of sp³-hybridized carbons (Fsp3) is 0.643. The van der Waals surface area contributed by atoms with Crippen LogP contribution in [0.1, 0.15) is 108 Å². The zero-order chi connectivity index (χ0) is 23.8. The molecule has 0 aromatic heterocycles. The average Bonchev–Trinajstić information content (AvgIpc) is 3.10. The minimum absolute atomic E-state index is 0.0395. The summed E-state index contributed by atoms with van der Waals surface area (Å²) in [5.74, 6) is -0.257. The Kier molecular flexibility index (Phi) is 9.48. The standard InChI is InChI=1S/C28H41NO3S/c1-5-32-27(31)24-22-14-12-10-8-6-7-9-11-13-15-23(22)33-26(24)29-25(30)20-16-18-21(19-17-20)28(2,3)4/h16-19,22-23H,5-15H2,1-4H3,(H,29,30)/t22-,23-/m1/s1. The molecule has 1 amide bonds. The highest BCUT2D eigenvalue weighted by atomic mass is 32.2. The number of rotatable bonds is 4. The van der Waals surface area contributed by atoms with Gasteiger partial charge in [0, 0.05) is 16.7 Å². The zero-order valence-electron chi connectivity index (χ0n) is 20.9. The first-order valence-corrected chi connectivity index (χ1v) is 13.7. The molecule has 0 spiro atoms. The zero-order valence-corrected chi connectivity index (χ0v) is 21.7. The molecule has 0 saturated heterocycles. The molecule has 1 aliphatic carbocycles. The van der Waals surface area contributed by atoms with Gasteiger partial charge in [-0.1, -0.05) is 84.3 Å². The minimum atomic E-state index is -0.261. The van der Waals surface area contributed by atoms with E-state index >= 15 is 0 Å². The summed E-state index contributed by atoms with van der Waals surface area (Å²) in [4.78, 5) is 26.1. The van der Waals surface area contributed by atoms with Crippen LogP contribution in [-0.2, 0) is 14.9 Å².